The van der Waals surface area contributed by atoms with Crippen molar-refractivity contribution in [2.45, 2.75) is 96.0 Å². The molecule has 0 bridgehead atoms. The molecular weight excluding hydrogens is 642 g/mol. The predicted octanol–water partition coefficient (Wildman–Crippen LogP) is 3.04. The molecule has 47 heavy (non-hydrogen) atoms. The first-order valence-electron chi connectivity index (χ1n) is 14.9. The van der Waals surface area contributed by atoms with E-state index in [-0.39, 0.29) is 25.1 Å². The quantitative estimate of drug-likeness (QED) is 0.0767. The Bertz CT molecular complexity index is 1630. The number of azide groups is 1. The van der Waals surface area contributed by atoms with Crippen LogP contribution in [0.25, 0.3) is 10.4 Å². The van der Waals surface area contributed by atoms with Crippen LogP contribution in [0, 0.1) is 0 Å². The van der Waals surface area contributed by atoms with Gasteiger partial charge in [-0.15, -0.1) is 0 Å². The van der Waals surface area contributed by atoms with Gasteiger partial charge in [-0.1, -0.05) is 29.4 Å². The first-order valence-corrected chi connectivity index (χ1v) is 16.7. The van der Waals surface area contributed by atoms with Gasteiger partial charge in [-0.3, -0.25) is 28.5 Å². The minimum atomic E-state index is -4.20. The number of aromatic amines is 1. The van der Waals surface area contributed by atoms with Crippen LogP contribution in [0.4, 0.5) is 4.39 Å². The van der Waals surface area contributed by atoms with Crippen molar-refractivity contribution in [1.82, 2.24) is 14.6 Å². The fourth-order valence-electron chi connectivity index (χ4n) is 4.87. The third-order valence-electron chi connectivity index (χ3n) is 7.07. The second-order valence-corrected chi connectivity index (χ2v) is 13.8. The molecule has 258 valence electrons. The van der Waals surface area contributed by atoms with Crippen LogP contribution in [0.5, 0.6) is 0 Å². The van der Waals surface area contributed by atoms with E-state index >= 15 is 4.39 Å². The fourth-order valence-corrected chi connectivity index (χ4v) is 7.01. The maximum absolute atomic E-state index is 15.6. The van der Waals surface area contributed by atoms with Crippen LogP contribution >= 0.6 is 7.52 Å². The van der Waals surface area contributed by atoms with Crippen molar-refractivity contribution in [2.75, 3.05) is 13.2 Å². The fraction of sp³-hybridized carbons (Fsp3) is 0.586. The normalized spacial score (nSPS) is 22.8. The Kier molecular flexibility index (Phi) is 13.1. The van der Waals surface area contributed by atoms with Gasteiger partial charge in [0.15, 0.2) is 12.4 Å². The molecule has 16 nitrogen and oxygen atoms in total. The molecule has 18 heteroatoms. The van der Waals surface area contributed by atoms with Crippen LogP contribution in [0.15, 0.2) is 51.2 Å². The van der Waals surface area contributed by atoms with E-state index in [9.17, 15) is 28.8 Å². The number of esters is 2. The molecule has 3 N–H and O–H groups in total. The standard InChI is InChI=1S/C29H40FN6O10P/c1-17(2)44-23(38)11-10-20-8-6-7-9-21(20)14-47(42,34-19(5)27(40)45-18(3)4)43-16-29(15-32-35-31)25(39)24(30)26(46-29)36-13-12-22(37)33-28(36)41/h6-9,12-13,17-19,24-26,39H,10-11,14-16H2,1-5H3,(H,34,42)(H,33,37,41)/t19?,24-,25+,26-,29-,47?/m1/s1. The summed E-state index contributed by atoms with van der Waals surface area (Å²) in [4.78, 5) is 53.5. The molecule has 1 aliphatic rings. The Labute approximate surface area is 269 Å². The van der Waals surface area contributed by atoms with E-state index < -0.39 is 80.1 Å². The lowest BCUT2D eigenvalue weighted by Crippen LogP contribution is -2.49. The zero-order valence-corrected chi connectivity index (χ0v) is 27.6. The third kappa shape index (κ3) is 10.1. The van der Waals surface area contributed by atoms with Gasteiger partial charge in [0.25, 0.3) is 13.1 Å². The molecule has 1 saturated heterocycles. The van der Waals surface area contributed by atoms with Crippen LogP contribution in [0.1, 0.15) is 58.4 Å². The summed E-state index contributed by atoms with van der Waals surface area (Å²) in [6, 6.07) is 6.58. The lowest BCUT2D eigenvalue weighted by atomic mass is 9.97. The molecule has 0 saturated carbocycles. The van der Waals surface area contributed by atoms with Crippen LogP contribution in [0.2, 0.25) is 0 Å². The minimum absolute atomic E-state index is 0.0314. The van der Waals surface area contributed by atoms with Crippen LogP contribution in [-0.4, -0.2) is 75.9 Å². The highest BCUT2D eigenvalue weighted by atomic mass is 31.2. The highest BCUT2D eigenvalue weighted by Gasteiger charge is 2.57. The van der Waals surface area contributed by atoms with Crippen molar-refractivity contribution in [1.29, 1.82) is 0 Å². The Hall–Kier alpha value is -3.85. The zero-order chi connectivity index (χ0) is 34.9. The van der Waals surface area contributed by atoms with Gasteiger partial charge in [0.05, 0.1) is 31.5 Å². The minimum Gasteiger partial charge on any atom is -0.463 e. The molecule has 0 spiro atoms. The van der Waals surface area contributed by atoms with Gasteiger partial charge in [-0.25, -0.2) is 14.3 Å². The lowest BCUT2D eigenvalue weighted by molar-refractivity contribution is -0.149. The lowest BCUT2D eigenvalue weighted by Gasteiger charge is -2.33. The predicted molar refractivity (Wildman–Crippen MR) is 166 cm³/mol. The van der Waals surface area contributed by atoms with Gasteiger partial charge in [0.1, 0.15) is 17.7 Å². The number of nitrogens with zero attached hydrogens (tertiary/aromatic N) is 4. The number of aliphatic hydroxyl groups is 1. The number of carbonyl (C=O) groups is 2. The maximum Gasteiger partial charge on any atom is 0.330 e. The Morgan fingerprint density at radius 3 is 2.45 bits per heavy atom. The van der Waals surface area contributed by atoms with E-state index in [4.69, 9.17) is 24.3 Å². The molecule has 1 aromatic carbocycles. The van der Waals surface area contributed by atoms with Gasteiger partial charge in [0, 0.05) is 23.6 Å². The van der Waals surface area contributed by atoms with Crippen molar-refractivity contribution in [2.24, 2.45) is 5.11 Å². The average molecular weight is 683 g/mol. The van der Waals surface area contributed by atoms with E-state index in [1.165, 1.54) is 6.92 Å². The van der Waals surface area contributed by atoms with Gasteiger partial charge < -0.3 is 23.8 Å². The highest BCUT2D eigenvalue weighted by Crippen LogP contribution is 2.50. The smallest absolute Gasteiger partial charge is 0.330 e. The third-order valence-corrected chi connectivity index (χ3v) is 9.15. The summed E-state index contributed by atoms with van der Waals surface area (Å²) in [5.41, 5.74) is 6.22. The van der Waals surface area contributed by atoms with E-state index in [0.29, 0.717) is 15.7 Å². The molecule has 0 aliphatic carbocycles. The number of rotatable bonds is 16. The van der Waals surface area contributed by atoms with Gasteiger partial charge in [0.2, 0.25) is 0 Å². The summed E-state index contributed by atoms with van der Waals surface area (Å²) in [6.45, 7) is 6.58. The molecule has 0 radical (unpaired) electrons. The maximum atomic E-state index is 15.6. The number of alkyl halides is 1. The number of aryl methyl sites for hydroxylation is 1. The number of hydrogen-bond donors (Lipinski definition) is 3. The van der Waals surface area contributed by atoms with E-state index in [1.807, 2.05) is 4.98 Å². The number of aromatic nitrogens is 2. The molecule has 3 rings (SSSR count). The summed E-state index contributed by atoms with van der Waals surface area (Å²) in [6.07, 6.45) is -6.03. The Morgan fingerprint density at radius 1 is 1.17 bits per heavy atom. The Balaban J connectivity index is 1.97. The largest absolute Gasteiger partial charge is 0.463 e. The van der Waals surface area contributed by atoms with Crippen molar-refractivity contribution in [3.63, 3.8) is 0 Å². The van der Waals surface area contributed by atoms with Crippen LogP contribution in [-0.2, 0) is 45.5 Å². The monoisotopic (exact) mass is 682 g/mol. The van der Waals surface area contributed by atoms with Gasteiger partial charge >= 0.3 is 17.6 Å². The number of nitrogens with one attached hydrogen (secondary N) is 2. The number of benzene rings is 1. The van der Waals surface area contributed by atoms with Crippen molar-refractivity contribution >= 4 is 19.5 Å². The first-order chi connectivity index (χ1) is 22.1. The number of ether oxygens (including phenoxy) is 3. The van der Waals surface area contributed by atoms with E-state index in [0.717, 1.165) is 12.3 Å². The second-order valence-electron chi connectivity index (χ2n) is 11.6. The SMILES string of the molecule is CC(C)OC(=O)CCc1ccccc1CP(=O)(NC(C)C(=O)OC(C)C)OC[C@@]1(CN=[N+]=[N-])O[C@@H](n2ccc(=O)[nH]c2=O)[C@H](F)[C@@H]1O. The average Bonchev–Trinajstić information content (AvgIpc) is 3.23. The number of hydrogen-bond acceptors (Lipinski definition) is 11. The van der Waals surface area contributed by atoms with E-state index in [1.54, 1.807) is 52.0 Å². The number of carbonyl (C=O) groups excluding carboxylic acids is 2. The topological polar surface area (TPSA) is 224 Å². The molecule has 2 unspecified atom stereocenters. The van der Waals surface area contributed by atoms with Crippen molar-refractivity contribution in [3.8, 4) is 0 Å². The van der Waals surface area contributed by atoms with Gasteiger partial charge in [-0.2, -0.15) is 0 Å². The number of H-pyrrole nitrogens is 1. The molecule has 6 atom stereocenters. The molecule has 0 amide bonds. The van der Waals surface area contributed by atoms with Crippen LogP contribution in [0.3, 0.4) is 0 Å². The summed E-state index contributed by atoms with van der Waals surface area (Å²) in [7, 11) is -4.20. The zero-order valence-electron chi connectivity index (χ0n) is 26.7. The Morgan fingerprint density at radius 2 is 1.83 bits per heavy atom. The van der Waals surface area contributed by atoms with Crippen LogP contribution < -0.4 is 16.3 Å². The molecular formula is C29H40FN6O10P. The van der Waals surface area contributed by atoms with E-state index in [2.05, 4.69) is 15.1 Å². The molecule has 1 fully saturated rings. The second kappa shape index (κ2) is 16.3. The number of halogens is 1. The van der Waals surface area contributed by atoms with Gasteiger partial charge in [-0.05, 0) is 57.7 Å². The highest BCUT2D eigenvalue weighted by molar-refractivity contribution is 7.56. The molecule has 1 aliphatic heterocycles. The summed E-state index contributed by atoms with van der Waals surface area (Å²) < 4.78 is 52.9. The summed E-state index contributed by atoms with van der Waals surface area (Å²) in [5, 5.41) is 17.1. The molecule has 2 aromatic rings. The van der Waals surface area contributed by atoms with Crippen molar-refractivity contribution in [3.05, 3.63) is 78.9 Å². The summed E-state index contributed by atoms with van der Waals surface area (Å²) >= 11 is 0. The van der Waals surface area contributed by atoms with Crippen molar-refractivity contribution < 1.29 is 42.4 Å². The molecule has 2 heterocycles. The molecule has 1 aromatic heterocycles. The first kappa shape index (κ1) is 37.6. The number of aliphatic hydroxyl groups excluding tert-OH is 1. The summed E-state index contributed by atoms with van der Waals surface area (Å²) in [5.74, 6) is -1.17.